The molecule has 1 N–H and O–H groups in total. The molecule has 106 valence electrons. The molecule has 4 heteroatoms. The van der Waals surface area contributed by atoms with Crippen molar-refractivity contribution in [2.24, 2.45) is 5.92 Å². The Balaban J connectivity index is 2.09. The van der Waals surface area contributed by atoms with Crippen molar-refractivity contribution in [3.8, 4) is 11.5 Å². The molecule has 0 fully saturated rings. The second-order valence-electron chi connectivity index (χ2n) is 5.35. The fourth-order valence-electron chi connectivity index (χ4n) is 2.36. The zero-order chi connectivity index (χ0) is 13.9. The van der Waals surface area contributed by atoms with Crippen LogP contribution in [0.5, 0.6) is 11.5 Å². The van der Waals surface area contributed by atoms with E-state index < -0.39 is 5.79 Å². The molecule has 0 saturated heterocycles. The van der Waals surface area contributed by atoms with Gasteiger partial charge in [0, 0.05) is 0 Å². The zero-order valence-electron chi connectivity index (χ0n) is 11.5. The van der Waals surface area contributed by atoms with E-state index in [9.17, 15) is 5.11 Å². The molecule has 1 aromatic carbocycles. The lowest BCUT2D eigenvalue weighted by atomic mass is 9.97. The van der Waals surface area contributed by atoms with Crippen molar-refractivity contribution in [2.75, 3.05) is 11.9 Å². The number of hydrogen-bond donors (Lipinski definition) is 1. The predicted octanol–water partition coefficient (Wildman–Crippen LogP) is 3.52. The number of fused-ring (bicyclic) bond motifs is 1. The first-order valence-electron chi connectivity index (χ1n) is 6.79. The molecule has 0 amide bonds. The van der Waals surface area contributed by atoms with Crippen molar-refractivity contribution >= 4 is 15.9 Å². The van der Waals surface area contributed by atoms with Gasteiger partial charge in [-0.1, -0.05) is 48.7 Å². The number of alkyl halides is 1. The van der Waals surface area contributed by atoms with Crippen molar-refractivity contribution in [1.82, 2.24) is 0 Å². The Hall–Kier alpha value is -0.740. The highest BCUT2D eigenvalue weighted by Crippen LogP contribution is 2.36. The van der Waals surface area contributed by atoms with Gasteiger partial charge in [0.2, 0.25) is 0 Å². The Labute approximate surface area is 123 Å². The molecule has 0 radical (unpaired) electrons. The minimum Gasteiger partial charge on any atom is -0.483 e. The molecule has 2 rings (SSSR count). The SMILES string of the molecule is CCCC(C)Cc1ccc2c(c1)OCC(O)(CBr)O2. The van der Waals surface area contributed by atoms with Crippen molar-refractivity contribution in [3.05, 3.63) is 23.8 Å². The fourth-order valence-corrected chi connectivity index (χ4v) is 2.64. The number of rotatable bonds is 5. The van der Waals surface area contributed by atoms with E-state index in [1.807, 2.05) is 18.2 Å². The van der Waals surface area contributed by atoms with Crippen LogP contribution < -0.4 is 9.47 Å². The maximum absolute atomic E-state index is 10.0. The molecule has 1 aliphatic rings. The maximum atomic E-state index is 10.0. The van der Waals surface area contributed by atoms with Crippen LogP contribution in [0.15, 0.2) is 18.2 Å². The van der Waals surface area contributed by atoms with Crippen LogP contribution in [-0.2, 0) is 6.42 Å². The maximum Gasteiger partial charge on any atom is 0.252 e. The van der Waals surface area contributed by atoms with Crippen LogP contribution in [0, 0.1) is 5.92 Å². The van der Waals surface area contributed by atoms with Gasteiger partial charge in [0.05, 0.1) is 5.33 Å². The lowest BCUT2D eigenvalue weighted by Crippen LogP contribution is -2.46. The first-order valence-corrected chi connectivity index (χ1v) is 7.91. The van der Waals surface area contributed by atoms with Crippen LogP contribution >= 0.6 is 15.9 Å². The molecule has 1 aliphatic heterocycles. The molecular formula is C15H21BrO3. The molecule has 1 heterocycles. The highest BCUT2D eigenvalue weighted by Gasteiger charge is 2.34. The van der Waals surface area contributed by atoms with Crippen molar-refractivity contribution in [3.63, 3.8) is 0 Å². The van der Waals surface area contributed by atoms with E-state index in [0.29, 0.717) is 17.0 Å². The van der Waals surface area contributed by atoms with Gasteiger partial charge in [0.25, 0.3) is 5.79 Å². The average molecular weight is 329 g/mol. The van der Waals surface area contributed by atoms with Crippen molar-refractivity contribution < 1.29 is 14.6 Å². The summed E-state index contributed by atoms with van der Waals surface area (Å²) in [7, 11) is 0. The minimum absolute atomic E-state index is 0.152. The van der Waals surface area contributed by atoms with Gasteiger partial charge in [-0.05, 0) is 30.0 Å². The van der Waals surface area contributed by atoms with Crippen LogP contribution in [-0.4, -0.2) is 22.8 Å². The van der Waals surface area contributed by atoms with Crippen LogP contribution in [0.4, 0.5) is 0 Å². The van der Waals surface area contributed by atoms with Gasteiger partial charge in [-0.3, -0.25) is 0 Å². The van der Waals surface area contributed by atoms with Gasteiger partial charge < -0.3 is 14.6 Å². The molecule has 1 aromatic rings. The van der Waals surface area contributed by atoms with Crippen LogP contribution in [0.3, 0.4) is 0 Å². The number of halogens is 1. The number of ether oxygens (including phenoxy) is 2. The summed E-state index contributed by atoms with van der Waals surface area (Å²) >= 11 is 3.23. The molecule has 0 bridgehead atoms. The van der Waals surface area contributed by atoms with Crippen LogP contribution in [0.2, 0.25) is 0 Å². The van der Waals surface area contributed by atoms with Gasteiger partial charge in [0.1, 0.15) is 0 Å². The molecule has 19 heavy (non-hydrogen) atoms. The van der Waals surface area contributed by atoms with E-state index in [1.54, 1.807) is 0 Å². The van der Waals surface area contributed by atoms with Crippen molar-refractivity contribution in [1.29, 1.82) is 0 Å². The van der Waals surface area contributed by atoms with Gasteiger partial charge in [-0.2, -0.15) is 0 Å². The molecule has 0 aliphatic carbocycles. The number of hydrogen-bond acceptors (Lipinski definition) is 3. The Kier molecular flexibility index (Phi) is 4.74. The quantitative estimate of drug-likeness (QED) is 0.840. The second kappa shape index (κ2) is 6.14. The first-order chi connectivity index (χ1) is 9.06. The van der Waals surface area contributed by atoms with E-state index in [-0.39, 0.29) is 6.61 Å². The molecule has 2 atom stereocenters. The second-order valence-corrected chi connectivity index (χ2v) is 5.91. The monoisotopic (exact) mass is 328 g/mol. The summed E-state index contributed by atoms with van der Waals surface area (Å²) in [4.78, 5) is 0. The van der Waals surface area contributed by atoms with Gasteiger partial charge in [0.15, 0.2) is 18.1 Å². The molecule has 2 unspecified atom stereocenters. The third-order valence-corrected chi connectivity index (χ3v) is 4.21. The molecule has 0 aromatic heterocycles. The summed E-state index contributed by atoms with van der Waals surface area (Å²) < 4.78 is 11.2. The Morgan fingerprint density at radius 1 is 1.42 bits per heavy atom. The normalized spacial score (nSPS) is 23.2. The smallest absolute Gasteiger partial charge is 0.252 e. The molecular weight excluding hydrogens is 308 g/mol. The lowest BCUT2D eigenvalue weighted by molar-refractivity contribution is -0.154. The van der Waals surface area contributed by atoms with Gasteiger partial charge >= 0.3 is 0 Å². The summed E-state index contributed by atoms with van der Waals surface area (Å²) in [5.41, 5.74) is 1.26. The number of aliphatic hydroxyl groups is 1. The molecule has 0 saturated carbocycles. The molecule has 3 nitrogen and oxygen atoms in total. The summed E-state index contributed by atoms with van der Waals surface area (Å²) in [6.07, 6.45) is 3.50. The largest absolute Gasteiger partial charge is 0.483 e. The average Bonchev–Trinajstić information content (AvgIpc) is 2.39. The van der Waals surface area contributed by atoms with Gasteiger partial charge in [-0.15, -0.1) is 0 Å². The summed E-state index contributed by atoms with van der Waals surface area (Å²) in [6.45, 7) is 4.63. The summed E-state index contributed by atoms with van der Waals surface area (Å²) in [6, 6.07) is 5.96. The summed E-state index contributed by atoms with van der Waals surface area (Å²) in [5, 5.41) is 10.3. The fraction of sp³-hybridized carbons (Fsp3) is 0.600. The molecule has 0 spiro atoms. The van der Waals surface area contributed by atoms with E-state index in [4.69, 9.17) is 9.47 Å². The first kappa shape index (κ1) is 14.7. The summed E-state index contributed by atoms with van der Waals surface area (Å²) in [5.74, 6) is 0.753. The van der Waals surface area contributed by atoms with Crippen molar-refractivity contribution in [2.45, 2.75) is 38.9 Å². The van der Waals surface area contributed by atoms with E-state index >= 15 is 0 Å². The third-order valence-electron chi connectivity index (χ3n) is 3.34. The zero-order valence-corrected chi connectivity index (χ0v) is 13.1. The Bertz CT molecular complexity index is 435. The van der Waals surface area contributed by atoms with E-state index in [1.165, 1.54) is 18.4 Å². The number of benzene rings is 1. The Morgan fingerprint density at radius 2 is 2.21 bits per heavy atom. The van der Waals surface area contributed by atoms with E-state index in [2.05, 4.69) is 29.8 Å². The predicted molar refractivity (Wildman–Crippen MR) is 79.1 cm³/mol. The van der Waals surface area contributed by atoms with Crippen LogP contribution in [0.1, 0.15) is 32.3 Å². The standard InChI is InChI=1S/C15H21BrO3/c1-3-4-11(2)7-12-5-6-13-14(8-12)18-10-15(17,9-16)19-13/h5-6,8,11,17H,3-4,7,9-10H2,1-2H3. The van der Waals surface area contributed by atoms with Crippen LogP contribution in [0.25, 0.3) is 0 Å². The van der Waals surface area contributed by atoms with E-state index in [0.717, 1.165) is 12.2 Å². The highest BCUT2D eigenvalue weighted by atomic mass is 79.9. The highest BCUT2D eigenvalue weighted by molar-refractivity contribution is 9.09. The third kappa shape index (κ3) is 3.63. The minimum atomic E-state index is -1.26. The Morgan fingerprint density at radius 3 is 2.89 bits per heavy atom. The van der Waals surface area contributed by atoms with Gasteiger partial charge in [-0.25, -0.2) is 0 Å². The topological polar surface area (TPSA) is 38.7 Å². The lowest BCUT2D eigenvalue weighted by Gasteiger charge is -2.32.